The summed E-state index contributed by atoms with van der Waals surface area (Å²) in [4.78, 5) is 26.5. The number of benzene rings is 2. The van der Waals surface area contributed by atoms with Crippen molar-refractivity contribution in [3.63, 3.8) is 0 Å². The molecule has 6 heteroatoms. The Labute approximate surface area is 204 Å². The van der Waals surface area contributed by atoms with E-state index in [1.807, 2.05) is 56.5 Å². The number of thiophene rings is 1. The standard InChI is InChI=1S/C28H30N2O3S/c1-6-7-14-30-23-11-9-8-10-20(23)19(4)25(30)26(31)29-27-24(28(32)33-5)22(16-34-27)21-15-17(2)12-13-18(21)3/h8-13,15-16H,6-7,14H2,1-5H3,(H,29,31). The Hall–Kier alpha value is -3.38. The first kappa shape index (κ1) is 23.8. The molecule has 0 aliphatic carbocycles. The van der Waals surface area contributed by atoms with Crippen LogP contribution >= 0.6 is 11.3 Å². The number of rotatable bonds is 7. The number of aromatic nitrogens is 1. The lowest BCUT2D eigenvalue weighted by Crippen LogP contribution is -2.19. The molecule has 4 aromatic rings. The molecule has 1 N–H and O–H groups in total. The summed E-state index contributed by atoms with van der Waals surface area (Å²) in [6.45, 7) is 8.92. The van der Waals surface area contributed by atoms with E-state index in [0.717, 1.165) is 58.1 Å². The summed E-state index contributed by atoms with van der Waals surface area (Å²) in [6, 6.07) is 14.2. The van der Waals surface area contributed by atoms with Crippen LogP contribution in [-0.2, 0) is 11.3 Å². The summed E-state index contributed by atoms with van der Waals surface area (Å²) >= 11 is 1.35. The van der Waals surface area contributed by atoms with Crippen molar-refractivity contribution < 1.29 is 14.3 Å². The number of ether oxygens (including phenoxy) is 1. The van der Waals surface area contributed by atoms with Crippen LogP contribution in [0.5, 0.6) is 0 Å². The Morgan fingerprint density at radius 3 is 2.56 bits per heavy atom. The van der Waals surface area contributed by atoms with E-state index in [9.17, 15) is 9.59 Å². The largest absolute Gasteiger partial charge is 0.465 e. The van der Waals surface area contributed by atoms with Crippen LogP contribution < -0.4 is 5.32 Å². The molecule has 2 aromatic heterocycles. The van der Waals surface area contributed by atoms with Crippen LogP contribution in [0.3, 0.4) is 0 Å². The molecule has 176 valence electrons. The number of esters is 1. The average Bonchev–Trinajstić information content (AvgIpc) is 3.37. The summed E-state index contributed by atoms with van der Waals surface area (Å²) in [5.74, 6) is -0.681. The van der Waals surface area contributed by atoms with Gasteiger partial charge in [-0.05, 0) is 49.9 Å². The van der Waals surface area contributed by atoms with Crippen molar-refractivity contribution in [3.8, 4) is 11.1 Å². The summed E-state index contributed by atoms with van der Waals surface area (Å²) in [5.41, 5.74) is 6.91. The fraction of sp³-hybridized carbons (Fsp3) is 0.286. The predicted octanol–water partition coefficient (Wildman–Crippen LogP) is 7.13. The minimum atomic E-state index is -0.462. The van der Waals surface area contributed by atoms with E-state index in [1.165, 1.54) is 18.4 Å². The van der Waals surface area contributed by atoms with Gasteiger partial charge in [0, 0.05) is 28.4 Å². The molecule has 0 atom stereocenters. The highest BCUT2D eigenvalue weighted by molar-refractivity contribution is 7.15. The average molecular weight is 475 g/mol. The van der Waals surface area contributed by atoms with E-state index in [2.05, 4.69) is 28.9 Å². The molecule has 4 rings (SSSR count). The highest BCUT2D eigenvalue weighted by Gasteiger charge is 2.26. The summed E-state index contributed by atoms with van der Waals surface area (Å²) < 4.78 is 7.21. The molecular weight excluding hydrogens is 444 g/mol. The highest BCUT2D eigenvalue weighted by Crippen LogP contribution is 2.38. The Morgan fingerprint density at radius 1 is 1.06 bits per heavy atom. The van der Waals surface area contributed by atoms with Crippen molar-refractivity contribution >= 4 is 39.1 Å². The van der Waals surface area contributed by atoms with Gasteiger partial charge in [0.05, 0.1) is 7.11 Å². The highest BCUT2D eigenvalue weighted by atomic mass is 32.1. The van der Waals surface area contributed by atoms with Gasteiger partial charge in [0.15, 0.2) is 0 Å². The topological polar surface area (TPSA) is 60.3 Å². The van der Waals surface area contributed by atoms with Gasteiger partial charge in [-0.1, -0.05) is 55.3 Å². The molecule has 0 fully saturated rings. The lowest BCUT2D eigenvalue weighted by molar-refractivity contribution is 0.0603. The van der Waals surface area contributed by atoms with Crippen LogP contribution in [0.4, 0.5) is 5.00 Å². The van der Waals surface area contributed by atoms with Crippen molar-refractivity contribution in [2.24, 2.45) is 0 Å². The monoisotopic (exact) mass is 474 g/mol. The third kappa shape index (κ3) is 4.26. The van der Waals surface area contributed by atoms with Crippen LogP contribution in [0, 0.1) is 20.8 Å². The van der Waals surface area contributed by atoms with Crippen molar-refractivity contribution in [1.82, 2.24) is 4.57 Å². The number of nitrogens with zero attached hydrogens (tertiary/aromatic N) is 1. The first-order valence-electron chi connectivity index (χ1n) is 11.5. The minimum absolute atomic E-state index is 0.218. The molecule has 0 radical (unpaired) electrons. The number of unbranched alkanes of at least 4 members (excludes halogenated alkanes) is 1. The Balaban J connectivity index is 1.80. The number of carbonyl (C=O) groups is 2. The summed E-state index contributed by atoms with van der Waals surface area (Å²) in [6.07, 6.45) is 2.00. The van der Waals surface area contributed by atoms with Crippen LogP contribution in [0.15, 0.2) is 47.8 Å². The molecule has 0 bridgehead atoms. The molecule has 34 heavy (non-hydrogen) atoms. The quantitative estimate of drug-likeness (QED) is 0.290. The number of fused-ring (bicyclic) bond motifs is 1. The predicted molar refractivity (Wildman–Crippen MR) is 140 cm³/mol. The summed E-state index contributed by atoms with van der Waals surface area (Å²) in [5, 5.41) is 6.53. The molecule has 1 amide bonds. The van der Waals surface area contributed by atoms with E-state index in [1.54, 1.807) is 0 Å². The molecule has 0 spiro atoms. The number of methoxy groups -OCH3 is 1. The van der Waals surface area contributed by atoms with Crippen LogP contribution in [-0.4, -0.2) is 23.6 Å². The number of hydrogen-bond acceptors (Lipinski definition) is 4. The lowest BCUT2D eigenvalue weighted by Gasteiger charge is -2.13. The van der Waals surface area contributed by atoms with Crippen LogP contribution in [0.25, 0.3) is 22.0 Å². The fourth-order valence-electron chi connectivity index (χ4n) is 4.46. The van der Waals surface area contributed by atoms with E-state index < -0.39 is 5.97 Å². The number of anilines is 1. The Kier molecular flexibility index (Phi) is 6.89. The molecule has 5 nitrogen and oxygen atoms in total. The van der Waals surface area contributed by atoms with Crippen LogP contribution in [0.1, 0.15) is 57.3 Å². The number of para-hydroxylation sites is 1. The zero-order valence-corrected chi connectivity index (χ0v) is 21.1. The smallest absolute Gasteiger partial charge is 0.341 e. The van der Waals surface area contributed by atoms with Gasteiger partial charge in [-0.3, -0.25) is 4.79 Å². The molecule has 0 aliphatic rings. The molecule has 0 saturated heterocycles. The summed E-state index contributed by atoms with van der Waals surface area (Å²) in [7, 11) is 1.37. The van der Waals surface area contributed by atoms with Crippen molar-refractivity contribution in [2.75, 3.05) is 12.4 Å². The maximum absolute atomic E-state index is 13.6. The fourth-order valence-corrected chi connectivity index (χ4v) is 5.40. The van der Waals surface area contributed by atoms with E-state index in [4.69, 9.17) is 4.74 Å². The van der Waals surface area contributed by atoms with Gasteiger partial charge >= 0.3 is 5.97 Å². The van der Waals surface area contributed by atoms with Crippen molar-refractivity contribution in [3.05, 3.63) is 75.8 Å². The van der Waals surface area contributed by atoms with Gasteiger partial charge in [-0.2, -0.15) is 0 Å². The Bertz CT molecular complexity index is 1380. The zero-order valence-electron chi connectivity index (χ0n) is 20.3. The minimum Gasteiger partial charge on any atom is -0.465 e. The van der Waals surface area contributed by atoms with Crippen molar-refractivity contribution in [2.45, 2.75) is 47.1 Å². The second-order valence-electron chi connectivity index (χ2n) is 8.61. The second kappa shape index (κ2) is 9.85. The molecule has 0 unspecified atom stereocenters. The van der Waals surface area contributed by atoms with Gasteiger partial charge in [-0.25, -0.2) is 4.79 Å². The van der Waals surface area contributed by atoms with Gasteiger partial charge in [0.25, 0.3) is 5.91 Å². The molecule has 2 heterocycles. The molecule has 0 aliphatic heterocycles. The van der Waals surface area contributed by atoms with E-state index in [-0.39, 0.29) is 5.91 Å². The maximum atomic E-state index is 13.6. The number of nitrogens with one attached hydrogen (secondary N) is 1. The van der Waals surface area contributed by atoms with E-state index in [0.29, 0.717) is 16.3 Å². The van der Waals surface area contributed by atoms with Gasteiger partial charge in [0.2, 0.25) is 0 Å². The SMILES string of the molecule is CCCCn1c(C(=O)Nc2scc(-c3cc(C)ccc3C)c2C(=O)OC)c(C)c2ccccc21. The normalized spacial score (nSPS) is 11.1. The van der Waals surface area contributed by atoms with Gasteiger partial charge < -0.3 is 14.6 Å². The van der Waals surface area contributed by atoms with Gasteiger partial charge in [0.1, 0.15) is 16.3 Å². The first-order chi connectivity index (χ1) is 16.4. The zero-order chi connectivity index (χ0) is 24.4. The third-order valence-electron chi connectivity index (χ3n) is 6.27. The van der Waals surface area contributed by atoms with Crippen LogP contribution in [0.2, 0.25) is 0 Å². The number of aryl methyl sites for hydroxylation is 4. The van der Waals surface area contributed by atoms with Gasteiger partial charge in [-0.15, -0.1) is 11.3 Å². The Morgan fingerprint density at radius 2 is 1.82 bits per heavy atom. The van der Waals surface area contributed by atoms with Crippen molar-refractivity contribution in [1.29, 1.82) is 0 Å². The molecule has 2 aromatic carbocycles. The third-order valence-corrected chi connectivity index (χ3v) is 7.16. The number of hydrogen-bond donors (Lipinski definition) is 1. The number of carbonyl (C=O) groups excluding carboxylic acids is 2. The maximum Gasteiger partial charge on any atom is 0.341 e. The first-order valence-corrected chi connectivity index (χ1v) is 12.4. The molecule has 0 saturated carbocycles. The molecular formula is C28H30N2O3S. The second-order valence-corrected chi connectivity index (χ2v) is 9.49. The van der Waals surface area contributed by atoms with E-state index >= 15 is 0 Å². The lowest BCUT2D eigenvalue weighted by atomic mass is 9.97. The number of amides is 1.